The summed E-state index contributed by atoms with van der Waals surface area (Å²) in [5.74, 6) is -10.1. The fraction of sp³-hybridized carbons (Fsp3) is 0.689. The summed E-state index contributed by atoms with van der Waals surface area (Å²) in [5.41, 5.74) is 0.520. The highest BCUT2D eigenvalue weighted by Crippen LogP contribution is 2.25. The van der Waals surface area contributed by atoms with E-state index in [1.54, 1.807) is 72.8 Å². The van der Waals surface area contributed by atoms with E-state index in [0.29, 0.717) is 12.0 Å². The van der Waals surface area contributed by atoms with Gasteiger partial charge >= 0.3 is 0 Å². The molecule has 0 radical (unpaired) electrons. The minimum absolute atomic E-state index is 0.00939. The molecule has 1 aromatic carbocycles. The Hall–Kier alpha value is -7.11. The summed E-state index contributed by atoms with van der Waals surface area (Å²) in [6.07, 6.45) is 2.49. The van der Waals surface area contributed by atoms with E-state index in [1.807, 2.05) is 27.7 Å². The maximum atomic E-state index is 15.1. The molecule has 0 bridgehead atoms. The number of rotatable bonds is 13. The standard InChI is InChI=1S/C61H101N11O13/c1-21-23-24-38(11)52(76)51-55(79)64-43(22-2)57(81)67(15)33-48(75)68(16)44(31-41-25-27-42(73)28-26-41)54(78)65-49(36(7)8)60(84)66(14)32-47(74)62-39(12)53(77)63-40(13)56(80)69(17)45(29-34(3)4)58(82)70(18)46(30-35(5)6)59(83)71(19)50(37(9)10)61(85)72(51)20/h21,23,25-28,34-40,43-46,49-52,73,76H,22,24,29-33H2,1-20H3,(H,62,74)(H,63,77)(H,64,79)(H,65,78)/b23-21+/t38-,39+,40-,43+,44+,45+,46+,49+,50+,51+,52-/m1/s1. The minimum atomic E-state index is -1.64. The number of benzene rings is 1. The Kier molecular flexibility index (Phi) is 29.2. The second-order valence-corrected chi connectivity index (χ2v) is 24.5. The first-order valence-electron chi connectivity index (χ1n) is 29.5. The van der Waals surface area contributed by atoms with Gasteiger partial charge in [-0.1, -0.05) is 93.5 Å². The number of amides is 11. The molecule has 1 saturated heterocycles. The molecule has 24 heteroatoms. The number of hydrogen-bond acceptors (Lipinski definition) is 13. The Morgan fingerprint density at radius 3 is 1.54 bits per heavy atom. The molecule has 1 heterocycles. The highest BCUT2D eigenvalue weighted by atomic mass is 16.3. The molecule has 1 fully saturated rings. The summed E-state index contributed by atoms with van der Waals surface area (Å²) in [6.45, 7) is 20.9. The molecule has 1 aliphatic heterocycles. The quantitative estimate of drug-likeness (QED) is 0.154. The summed E-state index contributed by atoms with van der Waals surface area (Å²) in [6, 6.07) is -5.64. The number of nitrogens with zero attached hydrogens (tertiary/aromatic N) is 7. The van der Waals surface area contributed by atoms with Crippen LogP contribution in [-0.4, -0.2) is 232 Å². The molecule has 0 aromatic heterocycles. The zero-order valence-corrected chi connectivity index (χ0v) is 54.1. The van der Waals surface area contributed by atoms with Crippen molar-refractivity contribution in [2.24, 2.45) is 29.6 Å². The Labute approximate surface area is 504 Å². The Balaban J connectivity index is 2.92. The van der Waals surface area contributed by atoms with E-state index in [4.69, 9.17) is 0 Å². The average molecular weight is 1200 g/mol. The van der Waals surface area contributed by atoms with Crippen molar-refractivity contribution in [3.05, 3.63) is 42.0 Å². The van der Waals surface area contributed by atoms with Crippen molar-refractivity contribution >= 4 is 65.0 Å². The smallest absolute Gasteiger partial charge is 0.246 e. The number of nitrogens with one attached hydrogen (secondary N) is 4. The van der Waals surface area contributed by atoms with Crippen LogP contribution in [0.25, 0.3) is 0 Å². The molecule has 1 aromatic rings. The number of carbonyl (C=O) groups excluding carboxylic acids is 11. The van der Waals surface area contributed by atoms with Crippen LogP contribution in [0.3, 0.4) is 0 Å². The average Bonchev–Trinajstić information content (AvgIpc) is 2.58. The molecule has 0 spiro atoms. The molecule has 478 valence electrons. The highest BCUT2D eigenvalue weighted by Gasteiger charge is 2.45. The number of likely N-dealkylation sites (N-methyl/N-ethyl adjacent to an activating group) is 7. The largest absolute Gasteiger partial charge is 0.508 e. The molecule has 11 amide bonds. The monoisotopic (exact) mass is 1200 g/mol. The zero-order chi connectivity index (χ0) is 65.2. The summed E-state index contributed by atoms with van der Waals surface area (Å²) in [7, 11) is 9.64. The number of carbonyl (C=O) groups is 11. The van der Waals surface area contributed by atoms with Gasteiger partial charge < -0.3 is 65.8 Å². The molecular formula is C61H101N11O13. The fourth-order valence-electron chi connectivity index (χ4n) is 10.3. The van der Waals surface area contributed by atoms with Crippen molar-refractivity contribution < 1.29 is 63.0 Å². The second-order valence-electron chi connectivity index (χ2n) is 24.5. The maximum absolute atomic E-state index is 15.1. The maximum Gasteiger partial charge on any atom is 0.246 e. The van der Waals surface area contributed by atoms with Crippen LogP contribution in [0.15, 0.2) is 36.4 Å². The third-order valence-corrected chi connectivity index (χ3v) is 15.7. The van der Waals surface area contributed by atoms with Crippen LogP contribution in [0.5, 0.6) is 5.75 Å². The number of allylic oxidation sites excluding steroid dienone is 2. The summed E-state index contributed by atoms with van der Waals surface area (Å²) >= 11 is 0. The van der Waals surface area contributed by atoms with Gasteiger partial charge in [-0.25, -0.2) is 0 Å². The van der Waals surface area contributed by atoms with Gasteiger partial charge in [0, 0.05) is 55.8 Å². The van der Waals surface area contributed by atoms with Gasteiger partial charge in [0.15, 0.2) is 0 Å². The first kappa shape index (κ1) is 74.0. The lowest BCUT2D eigenvalue weighted by Crippen LogP contribution is -2.63. The molecule has 6 N–H and O–H groups in total. The summed E-state index contributed by atoms with van der Waals surface area (Å²) in [5, 5.41) is 32.8. The topological polar surface area (TPSA) is 299 Å². The Morgan fingerprint density at radius 1 is 0.541 bits per heavy atom. The van der Waals surface area contributed by atoms with Crippen molar-refractivity contribution in [3.8, 4) is 5.75 Å². The van der Waals surface area contributed by atoms with Gasteiger partial charge in [-0.15, -0.1) is 0 Å². The fourth-order valence-corrected chi connectivity index (χ4v) is 10.3. The van der Waals surface area contributed by atoms with Crippen LogP contribution >= 0.6 is 0 Å². The molecule has 24 nitrogen and oxygen atoms in total. The summed E-state index contributed by atoms with van der Waals surface area (Å²) < 4.78 is 0. The van der Waals surface area contributed by atoms with E-state index >= 15 is 9.59 Å². The SMILES string of the molecule is C/C=C/C[C@@H](C)[C@@H](O)[C@H]1C(=O)N[C@@H](CC)C(=O)N(C)CC(=O)N(C)[C@@H](Cc2ccc(O)cc2)C(=O)N[C@@H](C(C)C)C(=O)N(C)CC(=O)N[C@@H](C)C(=O)N[C@H](C)C(=O)N(C)[C@@H](CC(C)C)C(=O)N(C)[C@@H](CC(C)C)C(=O)N(C)[C@@H](C(C)C)C(=O)N1C. The van der Waals surface area contributed by atoms with Crippen LogP contribution in [-0.2, 0) is 59.2 Å². The van der Waals surface area contributed by atoms with E-state index in [1.165, 1.54) is 90.0 Å². The van der Waals surface area contributed by atoms with Crippen molar-refractivity contribution in [1.82, 2.24) is 55.6 Å². The van der Waals surface area contributed by atoms with Gasteiger partial charge in [-0.05, 0) is 93.7 Å². The van der Waals surface area contributed by atoms with Gasteiger partial charge in [-0.3, -0.25) is 52.7 Å². The van der Waals surface area contributed by atoms with Crippen molar-refractivity contribution in [2.45, 2.75) is 183 Å². The van der Waals surface area contributed by atoms with E-state index in [0.717, 1.165) is 19.6 Å². The first-order chi connectivity index (χ1) is 39.4. The van der Waals surface area contributed by atoms with Crippen LogP contribution in [0.4, 0.5) is 0 Å². The number of phenolic OH excluding ortho intramolecular Hbond substituents is 1. The molecular weight excluding hydrogens is 1090 g/mol. The zero-order valence-electron chi connectivity index (χ0n) is 54.1. The van der Waals surface area contributed by atoms with Crippen LogP contribution in [0.2, 0.25) is 0 Å². The predicted molar refractivity (Wildman–Crippen MR) is 322 cm³/mol. The summed E-state index contributed by atoms with van der Waals surface area (Å²) in [4.78, 5) is 167. The van der Waals surface area contributed by atoms with Crippen molar-refractivity contribution in [1.29, 1.82) is 0 Å². The highest BCUT2D eigenvalue weighted by molar-refractivity contribution is 5.99. The molecule has 0 unspecified atom stereocenters. The number of aliphatic hydroxyl groups is 1. The van der Waals surface area contributed by atoms with Crippen molar-refractivity contribution in [2.75, 3.05) is 62.4 Å². The second kappa shape index (κ2) is 33.5. The van der Waals surface area contributed by atoms with Gasteiger partial charge in [0.2, 0.25) is 65.0 Å². The molecule has 11 atom stereocenters. The number of aliphatic hydroxyl groups excluding tert-OH is 1. The molecule has 0 saturated carbocycles. The molecule has 2 rings (SSSR count). The molecule has 85 heavy (non-hydrogen) atoms. The van der Waals surface area contributed by atoms with Crippen LogP contribution < -0.4 is 21.3 Å². The van der Waals surface area contributed by atoms with E-state index in [2.05, 4.69) is 21.3 Å². The Morgan fingerprint density at radius 2 is 1.05 bits per heavy atom. The lowest BCUT2D eigenvalue weighted by molar-refractivity contribution is -0.157. The number of aromatic hydroxyl groups is 1. The van der Waals surface area contributed by atoms with E-state index < -0.39 is 156 Å². The van der Waals surface area contributed by atoms with Crippen LogP contribution in [0.1, 0.15) is 121 Å². The lowest BCUT2D eigenvalue weighted by Gasteiger charge is -2.41. The third-order valence-electron chi connectivity index (χ3n) is 15.7. The lowest BCUT2D eigenvalue weighted by atomic mass is 9.91. The van der Waals surface area contributed by atoms with Gasteiger partial charge in [-0.2, -0.15) is 0 Å². The predicted octanol–water partition coefficient (Wildman–Crippen LogP) is 1.76. The first-order valence-corrected chi connectivity index (χ1v) is 29.5. The van der Waals surface area contributed by atoms with Gasteiger partial charge in [0.25, 0.3) is 0 Å². The van der Waals surface area contributed by atoms with Crippen molar-refractivity contribution in [3.63, 3.8) is 0 Å². The Bertz CT molecular complexity index is 2520. The van der Waals surface area contributed by atoms with Gasteiger partial charge in [0.1, 0.15) is 60.1 Å². The van der Waals surface area contributed by atoms with Crippen LogP contribution in [0, 0.1) is 29.6 Å². The normalized spacial score (nSPS) is 25.8. The number of hydrogen-bond donors (Lipinski definition) is 6. The minimum Gasteiger partial charge on any atom is -0.508 e. The molecule has 0 aliphatic carbocycles. The number of phenols is 1. The van der Waals surface area contributed by atoms with E-state index in [-0.39, 0.29) is 43.3 Å². The third kappa shape index (κ3) is 20.5. The molecule has 1 aliphatic rings. The van der Waals surface area contributed by atoms with Gasteiger partial charge in [0.05, 0.1) is 19.2 Å². The van der Waals surface area contributed by atoms with E-state index in [9.17, 15) is 53.4 Å².